The van der Waals surface area contributed by atoms with E-state index in [9.17, 15) is 9.13 Å². The maximum atomic E-state index is 13.1. The van der Waals surface area contributed by atoms with Crippen LogP contribution in [0.5, 0.6) is 0 Å². The highest BCUT2D eigenvalue weighted by atomic mass is 31.2. The molecule has 0 atom stereocenters. The average molecular weight is 338 g/mol. The molecule has 0 unspecified atom stereocenters. The molecule has 0 aliphatic rings. The fourth-order valence-corrected chi connectivity index (χ4v) is 6.75. The van der Waals surface area contributed by atoms with E-state index in [-0.39, 0.29) is 22.3 Å². The molecule has 0 aromatic carbocycles. The zero-order valence-corrected chi connectivity index (χ0v) is 15.1. The van der Waals surface area contributed by atoms with Crippen LogP contribution in [0.4, 0.5) is 0 Å². The molecule has 0 fully saturated rings. The lowest BCUT2D eigenvalue weighted by Gasteiger charge is -2.22. The minimum atomic E-state index is -2.87. The van der Waals surface area contributed by atoms with Crippen LogP contribution in [0.3, 0.4) is 0 Å². The van der Waals surface area contributed by atoms with Crippen LogP contribution in [0.25, 0.3) is 0 Å². The maximum absolute atomic E-state index is 13.1. The molecule has 0 saturated heterocycles. The van der Waals surface area contributed by atoms with Crippen molar-refractivity contribution in [1.29, 1.82) is 10.5 Å². The van der Waals surface area contributed by atoms with Crippen molar-refractivity contribution in [1.82, 2.24) is 9.97 Å². The number of nitriles is 2. The Morgan fingerprint density at radius 1 is 0.773 bits per heavy atom. The van der Waals surface area contributed by atoms with E-state index in [1.165, 1.54) is 0 Å². The van der Waals surface area contributed by atoms with E-state index in [1.807, 2.05) is 12.1 Å². The first-order valence-corrected chi connectivity index (χ1v) is 11.4. The lowest BCUT2D eigenvalue weighted by molar-refractivity contribution is 0.579. The molecule has 0 spiro atoms. The van der Waals surface area contributed by atoms with Gasteiger partial charge >= 0.3 is 0 Å². The molecular weight excluding hydrogens is 318 g/mol. The first-order valence-electron chi connectivity index (χ1n) is 7.25. The van der Waals surface area contributed by atoms with E-state index >= 15 is 0 Å². The zero-order valence-electron chi connectivity index (χ0n) is 13.3. The van der Waals surface area contributed by atoms with Crippen LogP contribution >= 0.6 is 14.3 Å². The molecule has 0 bridgehead atoms. The summed E-state index contributed by atoms with van der Waals surface area (Å²) in [5.41, 5.74) is 0.0597. The van der Waals surface area contributed by atoms with Crippen LogP contribution in [0.15, 0.2) is 0 Å². The monoisotopic (exact) mass is 338 g/mol. The number of hydrogen-bond donors (Lipinski definition) is 0. The van der Waals surface area contributed by atoms with Gasteiger partial charge in [-0.1, -0.05) is 27.7 Å². The van der Waals surface area contributed by atoms with Crippen molar-refractivity contribution < 1.29 is 9.13 Å². The maximum Gasteiger partial charge on any atom is 0.177 e. The Hall–Kier alpha value is -1.48. The van der Waals surface area contributed by atoms with Crippen molar-refractivity contribution in [3.05, 3.63) is 11.4 Å². The molecule has 118 valence electrons. The predicted octanol–water partition coefficient (Wildman–Crippen LogP) is 2.28. The Bertz CT molecular complexity index is 667. The summed E-state index contributed by atoms with van der Waals surface area (Å²) in [6.07, 6.45) is 1.43. The second-order valence-corrected chi connectivity index (χ2v) is 11.8. The number of hydrogen-bond acceptors (Lipinski definition) is 6. The van der Waals surface area contributed by atoms with Gasteiger partial charge in [0.1, 0.15) is 37.3 Å². The standard InChI is InChI=1S/C14H20N4O2P2/c1-5-21(19,6-2)13-14(22(20,7-3)8-4)18-12(10-16)11(9-15)17-13/h5-8H2,1-4H3. The van der Waals surface area contributed by atoms with E-state index in [0.29, 0.717) is 24.6 Å². The van der Waals surface area contributed by atoms with Crippen molar-refractivity contribution in [2.24, 2.45) is 0 Å². The largest absolute Gasteiger partial charge is 0.317 e. The third-order valence-corrected chi connectivity index (χ3v) is 10.3. The summed E-state index contributed by atoms with van der Waals surface area (Å²) in [6.45, 7) is 7.12. The Kier molecular flexibility index (Phi) is 6.07. The molecule has 22 heavy (non-hydrogen) atoms. The Morgan fingerprint density at radius 3 is 1.23 bits per heavy atom. The van der Waals surface area contributed by atoms with Gasteiger partial charge in [-0.05, 0) is 0 Å². The highest BCUT2D eigenvalue weighted by molar-refractivity contribution is 7.77. The molecule has 0 aliphatic carbocycles. The number of aromatic nitrogens is 2. The van der Waals surface area contributed by atoms with Gasteiger partial charge < -0.3 is 9.13 Å². The van der Waals surface area contributed by atoms with Crippen molar-refractivity contribution >= 4 is 25.2 Å². The van der Waals surface area contributed by atoms with Crippen LogP contribution in [-0.2, 0) is 9.13 Å². The Balaban J connectivity index is 3.90. The molecule has 0 N–H and O–H groups in total. The van der Waals surface area contributed by atoms with Gasteiger partial charge in [-0.3, -0.25) is 0 Å². The molecule has 0 saturated carbocycles. The van der Waals surface area contributed by atoms with Gasteiger partial charge in [-0.25, -0.2) is 9.97 Å². The van der Waals surface area contributed by atoms with Crippen LogP contribution in [0.2, 0.25) is 0 Å². The van der Waals surface area contributed by atoms with Gasteiger partial charge in [-0.2, -0.15) is 10.5 Å². The summed E-state index contributed by atoms with van der Waals surface area (Å²) in [6, 6.07) is 3.63. The third-order valence-electron chi connectivity index (χ3n) is 3.89. The van der Waals surface area contributed by atoms with Crippen LogP contribution in [0.1, 0.15) is 39.1 Å². The van der Waals surface area contributed by atoms with Gasteiger partial charge in [0.2, 0.25) is 0 Å². The summed E-state index contributed by atoms with van der Waals surface area (Å²) in [7, 11) is -5.74. The van der Waals surface area contributed by atoms with E-state index in [2.05, 4.69) is 9.97 Å². The van der Waals surface area contributed by atoms with Gasteiger partial charge in [0.05, 0.1) is 0 Å². The molecule has 0 amide bonds. The van der Waals surface area contributed by atoms with Crippen molar-refractivity contribution in [3.63, 3.8) is 0 Å². The topological polar surface area (TPSA) is 108 Å². The minimum absolute atomic E-state index is 0.151. The smallest absolute Gasteiger partial charge is 0.177 e. The molecule has 1 aromatic heterocycles. The first-order chi connectivity index (χ1) is 10.4. The highest BCUT2D eigenvalue weighted by Gasteiger charge is 2.35. The Morgan fingerprint density at radius 2 is 1.05 bits per heavy atom. The molecule has 6 nitrogen and oxygen atoms in total. The summed E-state index contributed by atoms with van der Waals surface area (Å²) in [5, 5.41) is 18.3. The minimum Gasteiger partial charge on any atom is -0.317 e. The third kappa shape index (κ3) is 3.14. The van der Waals surface area contributed by atoms with Crippen molar-refractivity contribution in [2.75, 3.05) is 24.6 Å². The molecule has 0 aliphatic heterocycles. The summed E-state index contributed by atoms with van der Waals surface area (Å²) in [4.78, 5) is 8.31. The molecule has 1 heterocycles. The normalized spacial score (nSPS) is 11.7. The summed E-state index contributed by atoms with van der Waals surface area (Å²) >= 11 is 0. The molecule has 1 rings (SSSR count). The van der Waals surface area contributed by atoms with Gasteiger partial charge in [-0.15, -0.1) is 0 Å². The fourth-order valence-electron chi connectivity index (χ4n) is 2.17. The SMILES string of the molecule is CCP(=O)(CC)c1nc(C#N)c(C#N)nc1P(=O)(CC)CC. The first kappa shape index (κ1) is 18.6. The predicted molar refractivity (Wildman–Crippen MR) is 88.1 cm³/mol. The number of rotatable bonds is 6. The van der Waals surface area contributed by atoms with E-state index < -0.39 is 14.3 Å². The molecular formula is C14H20N4O2P2. The highest BCUT2D eigenvalue weighted by Crippen LogP contribution is 2.48. The van der Waals surface area contributed by atoms with Crippen LogP contribution < -0.4 is 10.9 Å². The second kappa shape index (κ2) is 7.19. The second-order valence-electron chi connectivity index (χ2n) is 4.84. The van der Waals surface area contributed by atoms with Gasteiger partial charge in [0.25, 0.3) is 0 Å². The summed E-state index contributed by atoms with van der Waals surface area (Å²) < 4.78 is 26.2. The van der Waals surface area contributed by atoms with Crippen molar-refractivity contribution in [3.8, 4) is 12.1 Å². The molecule has 1 aromatic rings. The lowest BCUT2D eigenvalue weighted by Crippen LogP contribution is -2.35. The summed E-state index contributed by atoms with van der Waals surface area (Å²) in [5.74, 6) is 0. The molecule has 0 radical (unpaired) electrons. The van der Waals surface area contributed by atoms with Gasteiger partial charge in [0, 0.05) is 24.6 Å². The average Bonchev–Trinajstić information content (AvgIpc) is 2.58. The quantitative estimate of drug-likeness (QED) is 0.736. The fraction of sp³-hybridized carbons (Fsp3) is 0.571. The van der Waals surface area contributed by atoms with E-state index in [0.717, 1.165) is 0 Å². The van der Waals surface area contributed by atoms with Gasteiger partial charge in [0.15, 0.2) is 11.4 Å². The number of nitrogens with zero attached hydrogens (tertiary/aromatic N) is 4. The van der Waals surface area contributed by atoms with E-state index in [1.54, 1.807) is 27.7 Å². The van der Waals surface area contributed by atoms with Crippen LogP contribution in [-0.4, -0.2) is 34.6 Å². The zero-order chi connectivity index (χ0) is 17.0. The Labute approximate surface area is 131 Å². The van der Waals surface area contributed by atoms with Crippen LogP contribution in [0, 0.1) is 22.7 Å². The molecule has 8 heteroatoms. The van der Waals surface area contributed by atoms with Crippen molar-refractivity contribution in [2.45, 2.75) is 27.7 Å². The lowest BCUT2D eigenvalue weighted by atomic mass is 10.3. The van der Waals surface area contributed by atoms with E-state index in [4.69, 9.17) is 10.5 Å².